The lowest BCUT2D eigenvalue weighted by Gasteiger charge is -2.08. The molecule has 6 nitrogen and oxygen atoms in total. The minimum Gasteiger partial charge on any atom is -0.369 e. The lowest BCUT2D eigenvalue weighted by atomic mass is 10.1. The van der Waals surface area contributed by atoms with Gasteiger partial charge in [-0.3, -0.25) is 4.72 Å². The summed E-state index contributed by atoms with van der Waals surface area (Å²) < 4.78 is 39.7. The predicted octanol–water partition coefficient (Wildman–Crippen LogP) is 3.46. The Balaban J connectivity index is 1.51. The Morgan fingerprint density at radius 2 is 1.52 bits per heavy atom. The molecule has 8 heteroatoms. The Labute approximate surface area is 157 Å². The van der Waals surface area contributed by atoms with E-state index >= 15 is 0 Å². The number of sulfonamides is 1. The Hall–Kier alpha value is -3.00. The first-order chi connectivity index (χ1) is 13.0. The van der Waals surface area contributed by atoms with Crippen molar-refractivity contribution in [1.82, 2.24) is 10.2 Å². The summed E-state index contributed by atoms with van der Waals surface area (Å²) in [6.07, 6.45) is 1.89. The van der Waals surface area contributed by atoms with Crippen LogP contribution in [0.3, 0.4) is 0 Å². The number of nitrogens with zero attached hydrogens (tertiary/aromatic N) is 2. The monoisotopic (exact) mass is 386 g/mol. The summed E-state index contributed by atoms with van der Waals surface area (Å²) in [7, 11) is -3.83. The molecule has 0 atom stereocenters. The van der Waals surface area contributed by atoms with Gasteiger partial charge in [-0.05, 0) is 54.8 Å². The van der Waals surface area contributed by atoms with Crippen molar-refractivity contribution in [3.8, 4) is 0 Å². The van der Waals surface area contributed by atoms with E-state index in [1.165, 1.54) is 23.8 Å². The number of aryl methyl sites for hydroxylation is 1. The van der Waals surface area contributed by atoms with Gasteiger partial charge in [-0.15, -0.1) is 10.2 Å². The molecule has 1 aromatic heterocycles. The second kappa shape index (κ2) is 8.59. The molecule has 0 saturated heterocycles. The van der Waals surface area contributed by atoms with Crippen molar-refractivity contribution < 1.29 is 12.8 Å². The van der Waals surface area contributed by atoms with Crippen LogP contribution in [0.1, 0.15) is 12.0 Å². The Morgan fingerprint density at radius 1 is 0.852 bits per heavy atom. The highest BCUT2D eigenvalue weighted by Gasteiger charge is 2.15. The van der Waals surface area contributed by atoms with Crippen molar-refractivity contribution in [3.63, 3.8) is 0 Å². The van der Waals surface area contributed by atoms with Crippen LogP contribution in [-0.4, -0.2) is 25.2 Å². The lowest BCUT2D eigenvalue weighted by Crippen LogP contribution is -2.14. The van der Waals surface area contributed by atoms with Crippen molar-refractivity contribution in [2.24, 2.45) is 0 Å². The molecular formula is C19H19FN4O2S. The summed E-state index contributed by atoms with van der Waals surface area (Å²) >= 11 is 0. The third-order valence-corrected chi connectivity index (χ3v) is 5.19. The normalized spacial score (nSPS) is 11.1. The molecule has 0 bridgehead atoms. The van der Waals surface area contributed by atoms with Crippen LogP contribution >= 0.6 is 0 Å². The summed E-state index contributed by atoms with van der Waals surface area (Å²) in [5.74, 6) is 0.151. The minimum atomic E-state index is -3.83. The van der Waals surface area contributed by atoms with E-state index in [1.54, 1.807) is 6.07 Å². The topological polar surface area (TPSA) is 84.0 Å². The number of hydrogen-bond donors (Lipinski definition) is 2. The van der Waals surface area contributed by atoms with Crippen LogP contribution in [0.15, 0.2) is 71.6 Å². The van der Waals surface area contributed by atoms with Crippen molar-refractivity contribution in [2.45, 2.75) is 17.7 Å². The fraction of sp³-hybridized carbons (Fsp3) is 0.158. The van der Waals surface area contributed by atoms with Crippen LogP contribution in [0, 0.1) is 5.82 Å². The number of halogens is 1. The highest BCUT2D eigenvalue weighted by atomic mass is 32.2. The molecule has 1 heterocycles. The highest BCUT2D eigenvalue weighted by molar-refractivity contribution is 7.92. The summed E-state index contributed by atoms with van der Waals surface area (Å²) in [4.78, 5) is -0.0474. The highest BCUT2D eigenvalue weighted by Crippen LogP contribution is 2.15. The van der Waals surface area contributed by atoms with E-state index < -0.39 is 15.8 Å². The van der Waals surface area contributed by atoms with Gasteiger partial charge in [0.05, 0.1) is 4.90 Å². The van der Waals surface area contributed by atoms with Gasteiger partial charge in [0.15, 0.2) is 5.82 Å². The maximum Gasteiger partial charge on any atom is 0.263 e. The van der Waals surface area contributed by atoms with Crippen molar-refractivity contribution >= 4 is 21.7 Å². The van der Waals surface area contributed by atoms with Crippen molar-refractivity contribution in [1.29, 1.82) is 0 Å². The molecule has 0 radical (unpaired) electrons. The molecule has 3 aromatic rings. The van der Waals surface area contributed by atoms with Gasteiger partial charge in [-0.25, -0.2) is 12.8 Å². The summed E-state index contributed by atoms with van der Waals surface area (Å²) in [6.45, 7) is 0.726. The molecule has 0 spiro atoms. The largest absolute Gasteiger partial charge is 0.369 e. The number of anilines is 2. The van der Waals surface area contributed by atoms with Gasteiger partial charge < -0.3 is 5.32 Å². The molecule has 27 heavy (non-hydrogen) atoms. The second-order valence-corrected chi connectivity index (χ2v) is 7.56. The average Bonchev–Trinajstić information content (AvgIpc) is 2.67. The van der Waals surface area contributed by atoms with Gasteiger partial charge in [0.25, 0.3) is 10.0 Å². The van der Waals surface area contributed by atoms with Crippen LogP contribution in [0.4, 0.5) is 16.0 Å². The Bertz CT molecular complexity index is 963. The average molecular weight is 386 g/mol. The summed E-state index contributed by atoms with van der Waals surface area (Å²) in [5, 5.41) is 11.0. The van der Waals surface area contributed by atoms with Gasteiger partial charge in [0.2, 0.25) is 0 Å². The Morgan fingerprint density at radius 3 is 2.19 bits per heavy atom. The van der Waals surface area contributed by atoms with Crippen LogP contribution < -0.4 is 10.0 Å². The molecule has 2 aromatic carbocycles. The quantitative estimate of drug-likeness (QED) is 0.579. The van der Waals surface area contributed by atoms with Crippen LogP contribution in [0.2, 0.25) is 0 Å². The molecular weight excluding hydrogens is 367 g/mol. The molecule has 0 aliphatic rings. The third kappa shape index (κ3) is 5.49. The molecule has 0 fully saturated rings. The van der Waals surface area contributed by atoms with E-state index in [9.17, 15) is 12.8 Å². The van der Waals surface area contributed by atoms with Gasteiger partial charge in [0, 0.05) is 6.54 Å². The molecule has 2 N–H and O–H groups in total. The third-order valence-electron chi connectivity index (χ3n) is 3.82. The lowest BCUT2D eigenvalue weighted by molar-refractivity contribution is 0.599. The van der Waals surface area contributed by atoms with E-state index in [1.807, 2.05) is 18.2 Å². The molecule has 0 saturated carbocycles. The van der Waals surface area contributed by atoms with E-state index in [0.717, 1.165) is 31.5 Å². The number of nitrogens with one attached hydrogen (secondary N) is 2. The summed E-state index contributed by atoms with van der Waals surface area (Å²) in [6, 6.07) is 17.9. The predicted molar refractivity (Wildman–Crippen MR) is 102 cm³/mol. The Kier molecular flexibility index (Phi) is 5.97. The second-order valence-electron chi connectivity index (χ2n) is 5.88. The zero-order valence-electron chi connectivity index (χ0n) is 14.5. The smallest absolute Gasteiger partial charge is 0.263 e. The van der Waals surface area contributed by atoms with Crippen LogP contribution in [0.5, 0.6) is 0 Å². The van der Waals surface area contributed by atoms with Gasteiger partial charge in [-0.1, -0.05) is 30.3 Å². The molecule has 140 valence electrons. The minimum absolute atomic E-state index is 0.0474. The first-order valence-electron chi connectivity index (χ1n) is 8.43. The first-order valence-corrected chi connectivity index (χ1v) is 9.91. The molecule has 0 unspecified atom stereocenters. The number of benzene rings is 2. The van der Waals surface area contributed by atoms with Gasteiger partial charge in [0.1, 0.15) is 11.6 Å². The molecule has 0 aliphatic carbocycles. The standard InChI is InChI=1S/C19H19FN4O2S/c20-16-8-10-17(11-9-16)27(25,26)24-19-13-12-18(22-23-19)21-14-4-7-15-5-2-1-3-6-15/h1-3,5-6,8-13H,4,7,14H2,(H,21,22)(H,23,24). The van der Waals surface area contributed by atoms with Crippen molar-refractivity contribution in [3.05, 3.63) is 78.1 Å². The zero-order chi connectivity index (χ0) is 19.1. The first kappa shape index (κ1) is 18.8. The van der Waals surface area contributed by atoms with Gasteiger partial charge >= 0.3 is 0 Å². The fourth-order valence-corrected chi connectivity index (χ4v) is 3.44. The molecule has 0 aliphatic heterocycles. The maximum atomic E-state index is 12.9. The molecule has 3 rings (SSSR count). The molecule has 0 amide bonds. The number of hydrogen-bond acceptors (Lipinski definition) is 5. The van der Waals surface area contributed by atoms with E-state index in [0.29, 0.717) is 5.82 Å². The zero-order valence-corrected chi connectivity index (χ0v) is 15.3. The fourth-order valence-electron chi connectivity index (χ4n) is 2.44. The number of aromatic nitrogens is 2. The number of rotatable bonds is 8. The van der Waals surface area contributed by atoms with Crippen LogP contribution in [-0.2, 0) is 16.4 Å². The van der Waals surface area contributed by atoms with Crippen LogP contribution in [0.25, 0.3) is 0 Å². The van der Waals surface area contributed by atoms with E-state index in [-0.39, 0.29) is 10.7 Å². The van der Waals surface area contributed by atoms with Crippen molar-refractivity contribution in [2.75, 3.05) is 16.6 Å². The maximum absolute atomic E-state index is 12.9. The SMILES string of the molecule is O=S(=O)(Nc1ccc(NCCCc2ccccc2)nn1)c1ccc(F)cc1. The van der Waals surface area contributed by atoms with E-state index in [2.05, 4.69) is 32.4 Å². The summed E-state index contributed by atoms with van der Waals surface area (Å²) in [5.41, 5.74) is 1.27. The van der Waals surface area contributed by atoms with Gasteiger partial charge in [-0.2, -0.15) is 0 Å². The van der Waals surface area contributed by atoms with E-state index in [4.69, 9.17) is 0 Å².